The van der Waals surface area contributed by atoms with Crippen LogP contribution in [0.3, 0.4) is 0 Å². The fourth-order valence-corrected chi connectivity index (χ4v) is 6.43. The third-order valence-electron chi connectivity index (χ3n) is 8.09. The van der Waals surface area contributed by atoms with E-state index in [-0.39, 0.29) is 28.2 Å². The van der Waals surface area contributed by atoms with Crippen LogP contribution in [0.15, 0.2) is 71.1 Å². The maximum Gasteiger partial charge on any atom is 0.264 e. The second-order valence-electron chi connectivity index (χ2n) is 13.4. The van der Waals surface area contributed by atoms with E-state index < -0.39 is 44.9 Å². The standard InChI is InChI=1S/C34H50N4O5S2/c1-22(2)27(20-23(3)30(39)37-45(42,43)26-18-16-24(21-44)17-19-26)38(10)32(41)29(33(4,5)6)36-31(40)28(35-9)34(7,8)25-14-12-11-13-15-25/h11-20,22,27-29,35,44H,21H2,1-10H3,(H,36,40)(H,37,39)/b23-20+/t27-,28-,29-/m1/s1. The number of amides is 3. The quantitative estimate of drug-likeness (QED) is 0.186. The number of carbonyl (C=O) groups is 3. The number of likely N-dealkylation sites (N-methyl/N-ethyl adjacent to an activating group) is 2. The molecular formula is C34H50N4O5S2. The van der Waals surface area contributed by atoms with Crippen molar-refractivity contribution in [3.63, 3.8) is 0 Å². The second-order valence-corrected chi connectivity index (χ2v) is 15.4. The summed E-state index contributed by atoms with van der Waals surface area (Å²) in [5, 5.41) is 6.15. The molecular weight excluding hydrogens is 609 g/mol. The molecule has 3 amide bonds. The van der Waals surface area contributed by atoms with Gasteiger partial charge in [0.25, 0.3) is 15.9 Å². The Morgan fingerprint density at radius 1 is 0.933 bits per heavy atom. The van der Waals surface area contributed by atoms with Crippen LogP contribution in [0.2, 0.25) is 0 Å². The first-order chi connectivity index (χ1) is 20.8. The summed E-state index contributed by atoms with van der Waals surface area (Å²) in [7, 11) is -0.761. The van der Waals surface area contributed by atoms with Crippen molar-refractivity contribution in [1.29, 1.82) is 0 Å². The molecule has 0 aromatic heterocycles. The maximum atomic E-state index is 14.1. The van der Waals surface area contributed by atoms with Crippen LogP contribution < -0.4 is 15.4 Å². The maximum absolute atomic E-state index is 14.1. The van der Waals surface area contributed by atoms with E-state index in [4.69, 9.17) is 0 Å². The Hall–Kier alpha value is -3.15. The zero-order valence-electron chi connectivity index (χ0n) is 28.1. The van der Waals surface area contributed by atoms with E-state index in [1.807, 2.05) is 78.8 Å². The van der Waals surface area contributed by atoms with E-state index in [2.05, 4.69) is 28.0 Å². The molecule has 0 saturated carbocycles. The van der Waals surface area contributed by atoms with E-state index in [9.17, 15) is 22.8 Å². The normalized spacial score (nSPS) is 14.8. The van der Waals surface area contributed by atoms with Gasteiger partial charge < -0.3 is 15.5 Å². The number of sulfonamides is 1. The summed E-state index contributed by atoms with van der Waals surface area (Å²) in [6, 6.07) is 13.7. The zero-order valence-corrected chi connectivity index (χ0v) is 29.8. The lowest BCUT2D eigenvalue weighted by molar-refractivity contribution is -0.140. The fourth-order valence-electron chi connectivity index (χ4n) is 5.20. The van der Waals surface area contributed by atoms with Crippen LogP contribution in [0.1, 0.15) is 66.5 Å². The number of hydrogen-bond donors (Lipinski definition) is 4. The molecule has 0 fully saturated rings. The topological polar surface area (TPSA) is 125 Å². The lowest BCUT2D eigenvalue weighted by Gasteiger charge is -2.40. The van der Waals surface area contributed by atoms with Crippen molar-refractivity contribution in [2.24, 2.45) is 11.3 Å². The van der Waals surface area contributed by atoms with E-state index >= 15 is 0 Å². The third-order valence-corrected chi connectivity index (χ3v) is 9.80. The monoisotopic (exact) mass is 658 g/mol. The largest absolute Gasteiger partial charge is 0.342 e. The van der Waals surface area contributed by atoms with Crippen molar-refractivity contribution in [1.82, 2.24) is 20.3 Å². The van der Waals surface area contributed by atoms with Crippen molar-refractivity contribution in [3.05, 3.63) is 77.4 Å². The van der Waals surface area contributed by atoms with Crippen LogP contribution in [-0.4, -0.2) is 63.3 Å². The molecule has 0 radical (unpaired) electrons. The summed E-state index contributed by atoms with van der Waals surface area (Å²) in [5.41, 5.74) is 0.731. The van der Waals surface area contributed by atoms with Crippen LogP contribution in [0.25, 0.3) is 0 Å². The molecule has 2 aromatic carbocycles. The first-order valence-electron chi connectivity index (χ1n) is 15.0. The average molecular weight is 659 g/mol. The zero-order chi connectivity index (χ0) is 34.3. The highest BCUT2D eigenvalue weighted by Crippen LogP contribution is 2.29. The number of hydrogen-bond acceptors (Lipinski definition) is 7. The molecule has 0 unspecified atom stereocenters. The molecule has 248 valence electrons. The van der Waals surface area contributed by atoms with Crippen LogP contribution in [0, 0.1) is 11.3 Å². The van der Waals surface area contributed by atoms with Gasteiger partial charge in [0.2, 0.25) is 11.8 Å². The van der Waals surface area contributed by atoms with Gasteiger partial charge in [-0.15, -0.1) is 0 Å². The smallest absolute Gasteiger partial charge is 0.264 e. The van der Waals surface area contributed by atoms with Crippen LogP contribution in [0.5, 0.6) is 0 Å². The molecule has 9 nitrogen and oxygen atoms in total. The lowest BCUT2D eigenvalue weighted by Crippen LogP contribution is -2.61. The molecule has 2 rings (SSSR count). The van der Waals surface area contributed by atoms with Gasteiger partial charge in [0.15, 0.2) is 0 Å². The lowest BCUT2D eigenvalue weighted by atomic mass is 9.76. The Balaban J connectivity index is 2.32. The van der Waals surface area contributed by atoms with Crippen molar-refractivity contribution in [2.45, 2.75) is 89.6 Å². The summed E-state index contributed by atoms with van der Waals surface area (Å²) < 4.78 is 27.8. The number of rotatable bonds is 13. The number of nitrogens with zero attached hydrogens (tertiary/aromatic N) is 1. The summed E-state index contributed by atoms with van der Waals surface area (Å²) in [4.78, 5) is 42.3. The molecule has 2 aromatic rings. The Labute approximate surface area is 275 Å². The summed E-state index contributed by atoms with van der Waals surface area (Å²) in [5.74, 6) is -1.11. The van der Waals surface area contributed by atoms with Crippen molar-refractivity contribution in [2.75, 3.05) is 14.1 Å². The van der Waals surface area contributed by atoms with Gasteiger partial charge >= 0.3 is 0 Å². The van der Waals surface area contributed by atoms with Crippen molar-refractivity contribution < 1.29 is 22.8 Å². The van der Waals surface area contributed by atoms with E-state index in [0.717, 1.165) is 11.1 Å². The van der Waals surface area contributed by atoms with E-state index in [1.165, 1.54) is 24.0 Å². The highest BCUT2D eigenvalue weighted by atomic mass is 32.2. The Morgan fingerprint density at radius 3 is 1.96 bits per heavy atom. The van der Waals surface area contributed by atoms with Gasteiger partial charge in [-0.3, -0.25) is 14.4 Å². The molecule has 0 spiro atoms. The number of carbonyl (C=O) groups excluding carboxylic acids is 3. The summed E-state index contributed by atoms with van der Waals surface area (Å²) in [6.07, 6.45) is 1.59. The average Bonchev–Trinajstić information content (AvgIpc) is 2.97. The number of benzene rings is 2. The molecule has 3 N–H and O–H groups in total. The molecule has 3 atom stereocenters. The number of thiol groups is 1. The molecule has 0 saturated heterocycles. The van der Waals surface area contributed by atoms with Crippen LogP contribution in [0.4, 0.5) is 0 Å². The van der Waals surface area contributed by atoms with E-state index in [0.29, 0.717) is 5.75 Å². The Bertz CT molecular complexity index is 1460. The molecule has 0 aliphatic carbocycles. The minimum atomic E-state index is -4.11. The molecule has 0 aliphatic heterocycles. The summed E-state index contributed by atoms with van der Waals surface area (Å²) >= 11 is 4.18. The van der Waals surface area contributed by atoms with Gasteiger partial charge in [0, 0.05) is 23.8 Å². The van der Waals surface area contributed by atoms with Gasteiger partial charge in [0.1, 0.15) is 6.04 Å². The van der Waals surface area contributed by atoms with Crippen LogP contribution >= 0.6 is 12.6 Å². The summed E-state index contributed by atoms with van der Waals surface area (Å²) in [6.45, 7) is 14.9. The number of nitrogens with one attached hydrogen (secondary N) is 3. The van der Waals surface area contributed by atoms with E-state index in [1.54, 1.807) is 32.3 Å². The minimum Gasteiger partial charge on any atom is -0.342 e. The Morgan fingerprint density at radius 2 is 1.49 bits per heavy atom. The highest BCUT2D eigenvalue weighted by Gasteiger charge is 2.41. The third kappa shape index (κ3) is 9.67. The molecule has 0 aliphatic rings. The van der Waals surface area contributed by atoms with Gasteiger partial charge in [-0.2, -0.15) is 12.6 Å². The first kappa shape index (κ1) is 38.0. The first-order valence-corrected chi connectivity index (χ1v) is 17.1. The molecule has 11 heteroatoms. The molecule has 45 heavy (non-hydrogen) atoms. The minimum absolute atomic E-state index is 0.0408. The predicted octanol–water partition coefficient (Wildman–Crippen LogP) is 4.45. The fraction of sp³-hybridized carbons (Fsp3) is 0.500. The van der Waals surface area contributed by atoms with Gasteiger partial charge in [-0.25, -0.2) is 13.1 Å². The van der Waals surface area contributed by atoms with Gasteiger partial charge in [-0.1, -0.05) is 97.0 Å². The van der Waals surface area contributed by atoms with Crippen LogP contribution in [-0.2, 0) is 35.6 Å². The molecule has 0 heterocycles. The van der Waals surface area contributed by atoms with Gasteiger partial charge in [-0.05, 0) is 48.6 Å². The van der Waals surface area contributed by atoms with Gasteiger partial charge in [0.05, 0.1) is 17.0 Å². The Kier molecular flexibility index (Phi) is 13.0. The van der Waals surface area contributed by atoms with Crippen molar-refractivity contribution in [3.8, 4) is 0 Å². The highest BCUT2D eigenvalue weighted by molar-refractivity contribution is 7.90. The SMILES string of the molecule is CN[C@H](C(=O)N[C@H](C(=O)N(C)[C@H](/C=C(\C)C(=O)NS(=O)(=O)c1ccc(CS)cc1)C(C)C)C(C)(C)C)C(C)(C)c1ccccc1. The molecule has 0 bridgehead atoms. The predicted molar refractivity (Wildman–Crippen MR) is 183 cm³/mol. The second kappa shape index (κ2) is 15.4. The van der Waals surface area contributed by atoms with Crippen molar-refractivity contribution >= 4 is 40.4 Å².